The topological polar surface area (TPSA) is 86.6 Å². The Morgan fingerprint density at radius 1 is 0.875 bits per heavy atom. The van der Waals surface area contributed by atoms with Crippen LogP contribution >= 0.6 is 0 Å². The van der Waals surface area contributed by atoms with Gasteiger partial charge < -0.3 is 14.3 Å². The van der Waals surface area contributed by atoms with Gasteiger partial charge in [-0.2, -0.15) is 0 Å². The second-order valence-electron chi connectivity index (χ2n) is 9.77. The third kappa shape index (κ3) is 4.58. The highest BCUT2D eigenvalue weighted by molar-refractivity contribution is 7.92. The molecule has 0 aliphatic carbocycles. The van der Waals surface area contributed by atoms with Crippen LogP contribution in [-0.2, 0) is 10.0 Å². The molecule has 0 atom stereocenters. The minimum absolute atomic E-state index is 0.179. The zero-order chi connectivity index (χ0) is 28.0. The predicted molar refractivity (Wildman–Crippen MR) is 159 cm³/mol. The molecule has 0 fully saturated rings. The number of sulfonamides is 1. The molecular weight excluding hydrogens is 529 g/mol. The van der Waals surface area contributed by atoms with Crippen LogP contribution < -0.4 is 14.8 Å². The van der Waals surface area contributed by atoms with Crippen molar-refractivity contribution in [3.63, 3.8) is 0 Å². The van der Waals surface area contributed by atoms with Crippen LogP contribution in [0.25, 0.3) is 44.0 Å². The average Bonchev–Trinajstić information content (AvgIpc) is 3.32. The molecule has 2 aromatic heterocycles. The van der Waals surface area contributed by atoms with Crippen LogP contribution in [0.2, 0.25) is 0 Å². The molecule has 6 rings (SSSR count). The highest BCUT2D eigenvalue weighted by atomic mass is 32.2. The van der Waals surface area contributed by atoms with Gasteiger partial charge in [-0.1, -0.05) is 48.5 Å². The molecule has 9 heteroatoms. The van der Waals surface area contributed by atoms with E-state index in [1.165, 1.54) is 22.7 Å². The van der Waals surface area contributed by atoms with E-state index in [2.05, 4.69) is 4.98 Å². The lowest BCUT2D eigenvalue weighted by Crippen LogP contribution is -2.37. The lowest BCUT2D eigenvalue weighted by atomic mass is 10.0. The standard InChI is InChI=1S/C31H26FN3O4S/c1-34(22-11-7-4-8-12-22)15-16-35(40(2,37)38)27-19-28-25(18-24(27)20-9-5-3-6-10-20)29-30(39-28)23-14-13-21(32)17-26(23)33-31(29)36/h3-14,17-19H,15-16H2,1-2H3,(H,33,36). The average molecular weight is 556 g/mol. The van der Waals surface area contributed by atoms with E-state index in [0.29, 0.717) is 50.6 Å². The van der Waals surface area contributed by atoms with E-state index in [0.717, 1.165) is 11.3 Å². The van der Waals surface area contributed by atoms with E-state index in [4.69, 9.17) is 4.42 Å². The van der Waals surface area contributed by atoms with Crippen molar-refractivity contribution in [2.24, 2.45) is 0 Å². The van der Waals surface area contributed by atoms with Crippen molar-refractivity contribution in [2.75, 3.05) is 35.6 Å². The quantitative estimate of drug-likeness (QED) is 0.256. The Labute approximate surface area is 230 Å². The van der Waals surface area contributed by atoms with Crippen LogP contribution in [0.4, 0.5) is 15.8 Å². The van der Waals surface area contributed by atoms with Gasteiger partial charge in [-0.3, -0.25) is 9.10 Å². The van der Waals surface area contributed by atoms with Crippen molar-refractivity contribution >= 4 is 54.2 Å². The molecule has 2 heterocycles. The molecule has 0 aliphatic rings. The number of nitrogens with one attached hydrogen (secondary N) is 1. The van der Waals surface area contributed by atoms with Gasteiger partial charge in [0.15, 0.2) is 0 Å². The summed E-state index contributed by atoms with van der Waals surface area (Å²) in [7, 11) is -1.80. The molecule has 202 valence electrons. The Hall–Kier alpha value is -4.63. The fourth-order valence-corrected chi connectivity index (χ4v) is 6.04. The van der Waals surface area contributed by atoms with Gasteiger partial charge >= 0.3 is 0 Å². The lowest BCUT2D eigenvalue weighted by molar-refractivity contribution is 0.596. The van der Waals surface area contributed by atoms with Crippen molar-refractivity contribution in [2.45, 2.75) is 0 Å². The Bertz CT molecular complexity index is 2040. The maximum absolute atomic E-state index is 13.9. The second-order valence-corrected chi connectivity index (χ2v) is 11.7. The first-order chi connectivity index (χ1) is 19.2. The summed E-state index contributed by atoms with van der Waals surface area (Å²) < 4.78 is 47.9. The van der Waals surface area contributed by atoms with Crippen molar-refractivity contribution < 1.29 is 17.2 Å². The molecule has 0 amide bonds. The van der Waals surface area contributed by atoms with Crippen molar-refractivity contribution in [3.05, 3.63) is 107 Å². The van der Waals surface area contributed by atoms with E-state index in [1.807, 2.05) is 72.6 Å². The number of para-hydroxylation sites is 1. The summed E-state index contributed by atoms with van der Waals surface area (Å²) in [6.45, 7) is 0.609. The number of anilines is 2. The summed E-state index contributed by atoms with van der Waals surface area (Å²) in [4.78, 5) is 17.9. The Morgan fingerprint density at radius 3 is 2.27 bits per heavy atom. The molecule has 0 saturated carbocycles. The highest BCUT2D eigenvalue weighted by Crippen LogP contribution is 2.40. The molecule has 0 unspecified atom stereocenters. The van der Waals surface area contributed by atoms with Crippen molar-refractivity contribution in [1.82, 2.24) is 4.98 Å². The van der Waals surface area contributed by atoms with Gasteiger partial charge in [0.05, 0.1) is 29.4 Å². The van der Waals surface area contributed by atoms with Gasteiger partial charge in [0.2, 0.25) is 10.0 Å². The minimum Gasteiger partial charge on any atom is -0.455 e. The van der Waals surface area contributed by atoms with Crippen LogP contribution in [-0.4, -0.2) is 39.8 Å². The van der Waals surface area contributed by atoms with Crippen molar-refractivity contribution in [3.8, 4) is 11.1 Å². The number of halogens is 1. The Balaban J connectivity index is 1.57. The summed E-state index contributed by atoms with van der Waals surface area (Å²) in [5.74, 6) is -0.475. The maximum atomic E-state index is 13.9. The molecular formula is C31H26FN3O4S. The number of aromatic amines is 1. The van der Waals surface area contributed by atoms with Crippen LogP contribution in [0.15, 0.2) is 100 Å². The molecule has 40 heavy (non-hydrogen) atoms. The lowest BCUT2D eigenvalue weighted by Gasteiger charge is -2.28. The number of aromatic nitrogens is 1. The number of likely N-dealkylation sites (N-methyl/N-ethyl adjacent to an activating group) is 1. The molecule has 0 saturated heterocycles. The number of nitrogens with zero attached hydrogens (tertiary/aromatic N) is 2. The summed E-state index contributed by atoms with van der Waals surface area (Å²) in [6, 6.07) is 26.7. The maximum Gasteiger partial charge on any atom is 0.260 e. The van der Waals surface area contributed by atoms with Gasteiger partial charge in [-0.25, -0.2) is 12.8 Å². The molecule has 0 spiro atoms. The smallest absolute Gasteiger partial charge is 0.260 e. The first-order valence-electron chi connectivity index (χ1n) is 12.7. The first kappa shape index (κ1) is 25.6. The van der Waals surface area contributed by atoms with E-state index in [-0.39, 0.29) is 6.54 Å². The number of fused-ring (bicyclic) bond motifs is 5. The predicted octanol–water partition coefficient (Wildman–Crippen LogP) is 6.14. The van der Waals surface area contributed by atoms with Crippen LogP contribution in [0, 0.1) is 5.82 Å². The number of rotatable bonds is 7. The Morgan fingerprint density at radius 2 is 1.57 bits per heavy atom. The molecule has 7 nitrogen and oxygen atoms in total. The molecule has 0 radical (unpaired) electrons. The number of H-pyrrole nitrogens is 1. The van der Waals surface area contributed by atoms with Gasteiger partial charge in [0.1, 0.15) is 17.0 Å². The van der Waals surface area contributed by atoms with Gasteiger partial charge in [-0.05, 0) is 42.0 Å². The number of furan rings is 1. The summed E-state index contributed by atoms with van der Waals surface area (Å²) in [5, 5.41) is 1.42. The van der Waals surface area contributed by atoms with Crippen LogP contribution in [0.3, 0.4) is 0 Å². The summed E-state index contributed by atoms with van der Waals surface area (Å²) in [6.07, 6.45) is 1.18. The van der Waals surface area contributed by atoms with E-state index >= 15 is 0 Å². The third-order valence-corrected chi connectivity index (χ3v) is 8.28. The minimum atomic E-state index is -3.72. The molecule has 0 bridgehead atoms. The SMILES string of the molecule is CN(CCN(c1cc2oc3c4ccc(F)cc4[nH]c(=O)c3c2cc1-c1ccccc1)S(C)(=O)=O)c1ccccc1. The van der Waals surface area contributed by atoms with E-state index < -0.39 is 21.4 Å². The number of hydrogen-bond donors (Lipinski definition) is 1. The second kappa shape index (κ2) is 9.84. The van der Waals surface area contributed by atoms with Crippen LogP contribution in [0.5, 0.6) is 0 Å². The number of pyridine rings is 1. The van der Waals surface area contributed by atoms with E-state index in [9.17, 15) is 17.6 Å². The largest absolute Gasteiger partial charge is 0.455 e. The Kier molecular flexibility index (Phi) is 6.31. The zero-order valence-electron chi connectivity index (χ0n) is 21.9. The summed E-state index contributed by atoms with van der Waals surface area (Å²) >= 11 is 0. The molecule has 4 aromatic carbocycles. The molecule has 0 aliphatic heterocycles. The first-order valence-corrected chi connectivity index (χ1v) is 14.6. The normalized spacial score (nSPS) is 11.9. The fraction of sp³-hybridized carbons (Fsp3) is 0.129. The van der Waals surface area contributed by atoms with Gasteiger partial charge in [-0.15, -0.1) is 0 Å². The molecule has 6 aromatic rings. The van der Waals surface area contributed by atoms with Gasteiger partial charge in [0, 0.05) is 41.7 Å². The number of benzene rings is 4. The number of hydrogen-bond acceptors (Lipinski definition) is 5. The fourth-order valence-electron chi connectivity index (χ4n) is 5.12. The van der Waals surface area contributed by atoms with E-state index in [1.54, 1.807) is 18.2 Å². The molecule has 1 N–H and O–H groups in total. The van der Waals surface area contributed by atoms with Crippen LogP contribution in [0.1, 0.15) is 0 Å². The van der Waals surface area contributed by atoms with Gasteiger partial charge in [0.25, 0.3) is 5.56 Å². The monoisotopic (exact) mass is 555 g/mol. The highest BCUT2D eigenvalue weighted by Gasteiger charge is 2.25. The summed E-state index contributed by atoms with van der Waals surface area (Å²) in [5.41, 5.74) is 3.42. The van der Waals surface area contributed by atoms with Crippen molar-refractivity contribution in [1.29, 1.82) is 0 Å². The third-order valence-electron chi connectivity index (χ3n) is 7.10. The zero-order valence-corrected chi connectivity index (χ0v) is 22.7.